The smallest absolute Gasteiger partial charge is 0.130 e. The van der Waals surface area contributed by atoms with Crippen LogP contribution in [0.25, 0.3) is 10.9 Å². The van der Waals surface area contributed by atoms with E-state index < -0.39 is 0 Å². The van der Waals surface area contributed by atoms with Gasteiger partial charge in [-0.05, 0) is 43.9 Å². The summed E-state index contributed by atoms with van der Waals surface area (Å²) in [6.45, 7) is 2.14. The Labute approximate surface area is 130 Å². The van der Waals surface area contributed by atoms with Gasteiger partial charge in [-0.2, -0.15) is 5.10 Å². The molecule has 1 aromatic carbocycles. The monoisotopic (exact) mass is 300 g/mol. The number of nitrogens with zero attached hydrogens (tertiary/aromatic N) is 1. The highest BCUT2D eigenvalue weighted by Gasteiger charge is 2.26. The van der Waals surface area contributed by atoms with Crippen molar-refractivity contribution in [3.8, 4) is 0 Å². The van der Waals surface area contributed by atoms with Crippen molar-refractivity contribution in [2.75, 3.05) is 7.05 Å². The second-order valence-corrected chi connectivity index (χ2v) is 5.79. The first-order chi connectivity index (χ1) is 10.2. The van der Waals surface area contributed by atoms with Crippen LogP contribution < -0.4 is 10.7 Å². The van der Waals surface area contributed by atoms with Gasteiger partial charge in [-0.15, -0.1) is 0 Å². The van der Waals surface area contributed by atoms with Crippen LogP contribution in [0.4, 0.5) is 0 Å². The van der Waals surface area contributed by atoms with E-state index in [1.807, 2.05) is 7.05 Å². The van der Waals surface area contributed by atoms with Crippen LogP contribution in [0.15, 0.2) is 23.3 Å². The molecule has 1 aromatic heterocycles. The fourth-order valence-electron chi connectivity index (χ4n) is 3.19. The molecule has 0 radical (unpaired) electrons. The Morgan fingerprint density at radius 3 is 3.10 bits per heavy atom. The average molecular weight is 300 g/mol. The maximum atomic E-state index is 4.92. The molecule has 0 amide bonds. The number of benzene rings is 1. The van der Waals surface area contributed by atoms with Crippen LogP contribution in [-0.2, 0) is 12.8 Å². The van der Waals surface area contributed by atoms with E-state index in [-0.39, 0.29) is 0 Å². The number of rotatable bonds is 3. The molecule has 0 fully saturated rings. The van der Waals surface area contributed by atoms with Gasteiger partial charge in [0.1, 0.15) is 5.84 Å². The van der Waals surface area contributed by atoms with Gasteiger partial charge in [0.2, 0.25) is 0 Å². The summed E-state index contributed by atoms with van der Waals surface area (Å²) in [6, 6.07) is 6.60. The molecule has 21 heavy (non-hydrogen) atoms. The Balaban J connectivity index is 1.97. The molecule has 0 bridgehead atoms. The largest absolute Gasteiger partial charge is 0.358 e. The fraction of sp³-hybridized carbons (Fsp3) is 0.375. The molecule has 1 atom stereocenters. The van der Waals surface area contributed by atoms with Gasteiger partial charge >= 0.3 is 0 Å². The van der Waals surface area contributed by atoms with Crippen molar-refractivity contribution < 1.29 is 0 Å². The maximum Gasteiger partial charge on any atom is 0.130 e. The number of hydrazone groups is 1. The van der Waals surface area contributed by atoms with Crippen molar-refractivity contribution in [3.63, 3.8) is 0 Å². The molecule has 5 heteroatoms. The number of fused-ring (bicyclic) bond motifs is 3. The topological polar surface area (TPSA) is 52.2 Å². The number of nitrogens with one attached hydrogen (secondary N) is 3. The summed E-state index contributed by atoms with van der Waals surface area (Å²) < 4.78 is 0. The zero-order valence-corrected chi connectivity index (χ0v) is 13.2. The van der Waals surface area contributed by atoms with E-state index in [0.717, 1.165) is 25.1 Å². The number of H-pyrrole nitrogens is 1. The Bertz CT molecular complexity index is 702. The number of aromatic amines is 1. The zero-order valence-electron chi connectivity index (χ0n) is 12.4. The average Bonchev–Trinajstić information content (AvgIpc) is 2.84. The van der Waals surface area contributed by atoms with Crippen LogP contribution in [0.2, 0.25) is 0 Å². The van der Waals surface area contributed by atoms with Crippen LogP contribution in [0, 0.1) is 12.8 Å². The van der Waals surface area contributed by atoms with Gasteiger partial charge in [-0.25, -0.2) is 0 Å². The number of aryl methyl sites for hydroxylation is 2. The van der Waals surface area contributed by atoms with E-state index in [0.29, 0.717) is 5.92 Å². The van der Waals surface area contributed by atoms with Crippen molar-refractivity contribution in [1.82, 2.24) is 15.7 Å². The SMILES string of the molecule is CN/N=C(\NC=S)[C@@H]1CCc2[nH]c3ccc(C)cc3c2C1. The van der Waals surface area contributed by atoms with Gasteiger partial charge in [-0.1, -0.05) is 23.8 Å². The minimum absolute atomic E-state index is 0.378. The molecule has 0 saturated carbocycles. The highest BCUT2D eigenvalue weighted by atomic mass is 32.1. The summed E-state index contributed by atoms with van der Waals surface area (Å²) in [7, 11) is 1.81. The highest BCUT2D eigenvalue weighted by Crippen LogP contribution is 2.32. The number of thiocarbonyl (C=S) groups is 1. The van der Waals surface area contributed by atoms with Crippen molar-refractivity contribution in [1.29, 1.82) is 0 Å². The molecule has 3 N–H and O–H groups in total. The lowest BCUT2D eigenvalue weighted by molar-refractivity contribution is 0.568. The molecule has 0 unspecified atom stereocenters. The summed E-state index contributed by atoms with van der Waals surface area (Å²) in [6.07, 6.45) is 3.13. The summed E-state index contributed by atoms with van der Waals surface area (Å²) in [5, 5.41) is 8.79. The molecule has 4 nitrogen and oxygen atoms in total. The molecule has 3 rings (SSSR count). The molecule has 0 saturated heterocycles. The van der Waals surface area contributed by atoms with Crippen LogP contribution >= 0.6 is 12.2 Å². The highest BCUT2D eigenvalue weighted by molar-refractivity contribution is 7.78. The predicted octanol–water partition coefficient (Wildman–Crippen LogP) is 2.66. The molecular weight excluding hydrogens is 280 g/mol. The second-order valence-electron chi connectivity index (χ2n) is 5.55. The van der Waals surface area contributed by atoms with Gasteiger partial charge in [0.15, 0.2) is 0 Å². The first-order valence-electron chi connectivity index (χ1n) is 7.27. The summed E-state index contributed by atoms with van der Waals surface area (Å²) in [4.78, 5) is 3.56. The van der Waals surface area contributed by atoms with E-state index in [4.69, 9.17) is 12.2 Å². The van der Waals surface area contributed by atoms with Crippen molar-refractivity contribution in [2.24, 2.45) is 11.0 Å². The maximum absolute atomic E-state index is 4.92. The minimum atomic E-state index is 0.378. The lowest BCUT2D eigenvalue weighted by atomic mass is 9.85. The first kappa shape index (κ1) is 14.1. The standard InChI is InChI=1S/C16H20N4S/c1-10-3-5-14-12(7-10)13-8-11(4-6-15(13)19-14)16(18-9-21)20-17-2/h3,5,7,9,11,17,19H,4,6,8H2,1-2H3,(H,18,20,21)/t11-/m1/s1. The van der Waals surface area contributed by atoms with E-state index in [2.05, 4.69) is 46.0 Å². The molecule has 0 spiro atoms. The summed E-state index contributed by atoms with van der Waals surface area (Å²) in [5.74, 6) is 1.31. The van der Waals surface area contributed by atoms with Crippen LogP contribution in [-0.4, -0.2) is 23.4 Å². The number of hydrogen-bond donors (Lipinski definition) is 3. The lowest BCUT2D eigenvalue weighted by Gasteiger charge is -2.23. The van der Waals surface area contributed by atoms with E-state index >= 15 is 0 Å². The third kappa shape index (κ3) is 2.65. The molecule has 1 heterocycles. The molecule has 2 aromatic rings. The number of aromatic nitrogens is 1. The van der Waals surface area contributed by atoms with Crippen LogP contribution in [0.3, 0.4) is 0 Å². The van der Waals surface area contributed by atoms with E-state index in [1.54, 1.807) is 0 Å². The Kier molecular flexibility index (Phi) is 3.92. The predicted molar refractivity (Wildman–Crippen MR) is 91.8 cm³/mol. The third-order valence-electron chi connectivity index (χ3n) is 4.17. The van der Waals surface area contributed by atoms with Crippen molar-refractivity contribution in [2.45, 2.75) is 26.2 Å². The van der Waals surface area contributed by atoms with E-state index in [1.165, 1.54) is 33.2 Å². The molecule has 1 aliphatic carbocycles. The van der Waals surface area contributed by atoms with Crippen molar-refractivity contribution >= 4 is 34.4 Å². The zero-order chi connectivity index (χ0) is 14.8. The molecular formula is C16H20N4S. The lowest BCUT2D eigenvalue weighted by Crippen LogP contribution is -2.34. The summed E-state index contributed by atoms with van der Waals surface area (Å²) >= 11 is 4.92. The van der Waals surface area contributed by atoms with Gasteiger partial charge in [0.05, 0.1) is 5.49 Å². The third-order valence-corrected chi connectivity index (χ3v) is 4.29. The van der Waals surface area contributed by atoms with Gasteiger partial charge in [0.25, 0.3) is 0 Å². The minimum Gasteiger partial charge on any atom is -0.358 e. The normalized spacial score (nSPS) is 18.4. The molecule has 0 aliphatic heterocycles. The summed E-state index contributed by atoms with van der Waals surface area (Å²) in [5.41, 5.74) is 9.74. The van der Waals surface area contributed by atoms with Crippen LogP contribution in [0.5, 0.6) is 0 Å². The first-order valence-corrected chi connectivity index (χ1v) is 7.74. The number of amidine groups is 1. The quantitative estimate of drug-likeness (QED) is 0.353. The Morgan fingerprint density at radius 2 is 2.33 bits per heavy atom. The van der Waals surface area contributed by atoms with Gasteiger partial charge in [0, 0.05) is 29.6 Å². The Morgan fingerprint density at radius 1 is 1.48 bits per heavy atom. The fourth-order valence-corrected chi connectivity index (χ4v) is 3.31. The second kappa shape index (κ2) is 5.85. The van der Waals surface area contributed by atoms with E-state index in [9.17, 15) is 0 Å². The molecule has 1 aliphatic rings. The van der Waals surface area contributed by atoms with Gasteiger partial charge < -0.3 is 15.7 Å². The van der Waals surface area contributed by atoms with Crippen molar-refractivity contribution in [3.05, 3.63) is 35.0 Å². The van der Waals surface area contributed by atoms with Gasteiger partial charge in [-0.3, -0.25) is 0 Å². The number of hydrogen-bond acceptors (Lipinski definition) is 3. The van der Waals surface area contributed by atoms with Crippen LogP contribution in [0.1, 0.15) is 23.2 Å². The Hall–Kier alpha value is -1.88. The molecule has 110 valence electrons.